The summed E-state index contributed by atoms with van der Waals surface area (Å²) in [7, 11) is 0. The molecule has 130 valence electrons. The van der Waals surface area contributed by atoms with Crippen LogP contribution in [0.4, 0.5) is 0 Å². The van der Waals surface area contributed by atoms with Crippen molar-refractivity contribution in [3.63, 3.8) is 0 Å². The van der Waals surface area contributed by atoms with Crippen LogP contribution in [-0.2, 0) is 22.6 Å². The van der Waals surface area contributed by atoms with Gasteiger partial charge in [-0.15, -0.1) is 0 Å². The molecule has 1 fully saturated rings. The minimum Gasteiger partial charge on any atom is -0.489 e. The number of hydrogen-bond acceptors (Lipinski definition) is 4. The standard InChI is InChI=1S/C19H20N2O4/c22-18-16(20-11-17(21-18)19(23)24)10-13-6-8-15(9-7-13)25-12-14-4-2-1-3-5-14/h1-9,16-17,20H,10-12H2,(H,21,22)(H,23,24). The van der Waals surface area contributed by atoms with Gasteiger partial charge < -0.3 is 20.5 Å². The van der Waals surface area contributed by atoms with Crippen LogP contribution in [0.2, 0.25) is 0 Å². The number of ether oxygens (including phenoxy) is 1. The molecule has 1 saturated heterocycles. The molecular formula is C19H20N2O4. The van der Waals surface area contributed by atoms with Crippen LogP contribution in [0.15, 0.2) is 54.6 Å². The second kappa shape index (κ2) is 7.81. The van der Waals surface area contributed by atoms with Gasteiger partial charge in [-0.05, 0) is 29.7 Å². The largest absolute Gasteiger partial charge is 0.489 e. The summed E-state index contributed by atoms with van der Waals surface area (Å²) in [6.07, 6.45) is 0.497. The lowest BCUT2D eigenvalue weighted by molar-refractivity contribution is -0.143. The molecule has 0 aliphatic carbocycles. The average Bonchev–Trinajstić information content (AvgIpc) is 2.63. The van der Waals surface area contributed by atoms with Crippen LogP contribution < -0.4 is 15.4 Å². The zero-order chi connectivity index (χ0) is 17.6. The first-order chi connectivity index (χ1) is 12.1. The van der Waals surface area contributed by atoms with Gasteiger partial charge in [0.1, 0.15) is 18.4 Å². The highest BCUT2D eigenvalue weighted by molar-refractivity contribution is 5.88. The Labute approximate surface area is 145 Å². The monoisotopic (exact) mass is 340 g/mol. The highest BCUT2D eigenvalue weighted by atomic mass is 16.5. The van der Waals surface area contributed by atoms with Crippen LogP contribution in [0, 0.1) is 0 Å². The Morgan fingerprint density at radius 1 is 1.08 bits per heavy atom. The third-order valence-electron chi connectivity index (χ3n) is 4.11. The Balaban J connectivity index is 1.52. The maximum absolute atomic E-state index is 12.0. The fraction of sp³-hybridized carbons (Fsp3) is 0.263. The minimum atomic E-state index is -1.03. The molecule has 25 heavy (non-hydrogen) atoms. The Kier molecular flexibility index (Phi) is 5.30. The molecule has 1 aliphatic heterocycles. The quantitative estimate of drug-likeness (QED) is 0.739. The molecule has 6 nitrogen and oxygen atoms in total. The molecule has 0 bridgehead atoms. The maximum Gasteiger partial charge on any atom is 0.327 e. The predicted octanol–water partition coefficient (Wildman–Crippen LogP) is 1.35. The Morgan fingerprint density at radius 3 is 2.44 bits per heavy atom. The molecule has 1 aliphatic rings. The predicted molar refractivity (Wildman–Crippen MR) is 92.3 cm³/mol. The van der Waals surface area contributed by atoms with E-state index in [4.69, 9.17) is 9.84 Å². The lowest BCUT2D eigenvalue weighted by Crippen LogP contribution is -2.61. The fourth-order valence-corrected chi connectivity index (χ4v) is 2.69. The van der Waals surface area contributed by atoms with E-state index >= 15 is 0 Å². The molecule has 1 heterocycles. The summed E-state index contributed by atoms with van der Waals surface area (Å²) in [5.74, 6) is -0.554. The summed E-state index contributed by atoms with van der Waals surface area (Å²) >= 11 is 0. The molecule has 0 saturated carbocycles. The molecule has 1 amide bonds. The van der Waals surface area contributed by atoms with E-state index in [0.717, 1.165) is 16.9 Å². The van der Waals surface area contributed by atoms with E-state index < -0.39 is 18.1 Å². The summed E-state index contributed by atoms with van der Waals surface area (Å²) in [6.45, 7) is 0.730. The Morgan fingerprint density at radius 2 is 1.80 bits per heavy atom. The molecule has 2 aromatic rings. The van der Waals surface area contributed by atoms with Crippen molar-refractivity contribution in [2.75, 3.05) is 6.54 Å². The van der Waals surface area contributed by atoms with Crippen molar-refractivity contribution in [3.05, 3.63) is 65.7 Å². The van der Waals surface area contributed by atoms with Crippen LogP contribution in [0.3, 0.4) is 0 Å². The Bertz CT molecular complexity index is 731. The number of carboxylic acids is 1. The molecular weight excluding hydrogens is 320 g/mol. The zero-order valence-corrected chi connectivity index (χ0v) is 13.6. The number of carbonyl (C=O) groups excluding carboxylic acids is 1. The topological polar surface area (TPSA) is 87.7 Å². The smallest absolute Gasteiger partial charge is 0.327 e. The molecule has 3 N–H and O–H groups in total. The second-order valence-electron chi connectivity index (χ2n) is 5.98. The average molecular weight is 340 g/mol. The van der Waals surface area contributed by atoms with E-state index in [9.17, 15) is 9.59 Å². The van der Waals surface area contributed by atoms with Crippen LogP contribution in [0.25, 0.3) is 0 Å². The number of amides is 1. The lowest BCUT2D eigenvalue weighted by Gasteiger charge is -2.28. The van der Waals surface area contributed by atoms with E-state index in [-0.39, 0.29) is 12.5 Å². The third kappa shape index (κ3) is 4.58. The molecule has 0 aromatic heterocycles. The number of aliphatic carboxylic acids is 1. The number of carboxylic acid groups (broad SMARTS) is 1. The summed E-state index contributed by atoms with van der Waals surface area (Å²) in [6, 6.07) is 16.2. The number of piperazine rings is 1. The number of hydrogen-bond donors (Lipinski definition) is 3. The summed E-state index contributed by atoms with van der Waals surface area (Å²) in [4.78, 5) is 22.9. The van der Waals surface area contributed by atoms with Gasteiger partial charge in [-0.2, -0.15) is 0 Å². The van der Waals surface area contributed by atoms with Crippen molar-refractivity contribution < 1.29 is 19.4 Å². The molecule has 2 atom stereocenters. The maximum atomic E-state index is 12.0. The number of benzene rings is 2. The van der Waals surface area contributed by atoms with Gasteiger partial charge in [-0.3, -0.25) is 4.79 Å². The SMILES string of the molecule is O=C(O)C1CNC(Cc2ccc(OCc3ccccc3)cc2)C(=O)N1. The van der Waals surface area contributed by atoms with E-state index in [0.29, 0.717) is 13.0 Å². The van der Waals surface area contributed by atoms with Crippen molar-refractivity contribution in [1.82, 2.24) is 10.6 Å². The summed E-state index contributed by atoms with van der Waals surface area (Å²) < 4.78 is 5.74. The van der Waals surface area contributed by atoms with Crippen molar-refractivity contribution >= 4 is 11.9 Å². The number of carbonyl (C=O) groups is 2. The van der Waals surface area contributed by atoms with E-state index in [1.807, 2.05) is 54.6 Å². The van der Waals surface area contributed by atoms with Crippen LogP contribution in [-0.4, -0.2) is 35.6 Å². The summed E-state index contributed by atoms with van der Waals surface area (Å²) in [5.41, 5.74) is 2.08. The molecule has 3 rings (SSSR count). The van der Waals surface area contributed by atoms with Gasteiger partial charge in [0.05, 0.1) is 6.04 Å². The Hall–Kier alpha value is -2.86. The van der Waals surface area contributed by atoms with Crippen LogP contribution in [0.5, 0.6) is 5.75 Å². The van der Waals surface area contributed by atoms with E-state index in [2.05, 4.69) is 10.6 Å². The third-order valence-corrected chi connectivity index (χ3v) is 4.11. The van der Waals surface area contributed by atoms with Gasteiger partial charge in [-0.1, -0.05) is 42.5 Å². The van der Waals surface area contributed by atoms with Gasteiger partial charge in [-0.25, -0.2) is 4.79 Å². The van der Waals surface area contributed by atoms with Crippen molar-refractivity contribution in [2.45, 2.75) is 25.1 Å². The highest BCUT2D eigenvalue weighted by Gasteiger charge is 2.30. The van der Waals surface area contributed by atoms with Gasteiger partial charge >= 0.3 is 5.97 Å². The van der Waals surface area contributed by atoms with Gasteiger partial charge in [0.25, 0.3) is 0 Å². The van der Waals surface area contributed by atoms with E-state index in [1.54, 1.807) is 0 Å². The van der Waals surface area contributed by atoms with Gasteiger partial charge in [0.15, 0.2) is 0 Å². The molecule has 2 aromatic carbocycles. The first kappa shape index (κ1) is 17.0. The van der Waals surface area contributed by atoms with Crippen molar-refractivity contribution in [3.8, 4) is 5.75 Å². The van der Waals surface area contributed by atoms with Crippen LogP contribution >= 0.6 is 0 Å². The summed E-state index contributed by atoms with van der Waals surface area (Å²) in [5, 5.41) is 14.4. The molecule has 2 unspecified atom stereocenters. The lowest BCUT2D eigenvalue weighted by atomic mass is 10.0. The molecule has 0 spiro atoms. The molecule has 6 heteroatoms. The van der Waals surface area contributed by atoms with E-state index in [1.165, 1.54) is 0 Å². The zero-order valence-electron chi connectivity index (χ0n) is 13.6. The van der Waals surface area contributed by atoms with Crippen molar-refractivity contribution in [1.29, 1.82) is 0 Å². The first-order valence-corrected chi connectivity index (χ1v) is 8.14. The number of nitrogens with one attached hydrogen (secondary N) is 2. The van der Waals surface area contributed by atoms with Gasteiger partial charge in [0.2, 0.25) is 5.91 Å². The fourth-order valence-electron chi connectivity index (χ4n) is 2.69. The van der Waals surface area contributed by atoms with Crippen LogP contribution in [0.1, 0.15) is 11.1 Å². The van der Waals surface area contributed by atoms with Crippen molar-refractivity contribution in [2.24, 2.45) is 0 Å². The second-order valence-corrected chi connectivity index (χ2v) is 5.98. The minimum absolute atomic E-state index is 0.226. The highest BCUT2D eigenvalue weighted by Crippen LogP contribution is 2.16. The number of rotatable bonds is 6. The molecule has 0 radical (unpaired) electrons. The normalized spacial score (nSPS) is 19.9. The first-order valence-electron chi connectivity index (χ1n) is 8.14. The van der Waals surface area contributed by atoms with Gasteiger partial charge in [0, 0.05) is 6.54 Å².